The fourth-order valence-electron chi connectivity index (χ4n) is 1.34. The lowest BCUT2D eigenvalue weighted by molar-refractivity contribution is -0.142. The van der Waals surface area contributed by atoms with Crippen molar-refractivity contribution in [3.8, 4) is 0 Å². The number of hydrogen-bond donors (Lipinski definition) is 2. The largest absolute Gasteiger partial charge is 0.466 e. The smallest absolute Gasteiger partial charge is 0.307 e. The Morgan fingerprint density at radius 2 is 2.17 bits per heavy atom. The molecular weight excluding hydrogens is 256 g/mol. The van der Waals surface area contributed by atoms with Gasteiger partial charge in [0.2, 0.25) is 5.91 Å². The monoisotopic (exact) mass is 270 g/mol. The van der Waals surface area contributed by atoms with Crippen LogP contribution >= 0.6 is 11.6 Å². The Morgan fingerprint density at radius 3 is 2.72 bits per heavy atom. The standard InChI is InChI=1S/C12H15ClN2O3/c1-2-18-11(16)5-6-15-10-4-3-8(12(14)17)7-9(10)13/h3-4,7,15H,2,5-6H2,1H3,(H2,14,17). The van der Waals surface area contributed by atoms with Crippen LogP contribution in [0.5, 0.6) is 0 Å². The minimum Gasteiger partial charge on any atom is -0.466 e. The molecule has 0 spiro atoms. The summed E-state index contributed by atoms with van der Waals surface area (Å²) in [4.78, 5) is 22.0. The van der Waals surface area contributed by atoms with E-state index in [0.29, 0.717) is 29.4 Å². The van der Waals surface area contributed by atoms with E-state index in [4.69, 9.17) is 22.1 Å². The summed E-state index contributed by atoms with van der Waals surface area (Å²) in [6.45, 7) is 2.53. The number of rotatable bonds is 6. The predicted octanol–water partition coefficient (Wildman–Crippen LogP) is 1.80. The third-order valence-corrected chi connectivity index (χ3v) is 2.52. The van der Waals surface area contributed by atoms with Gasteiger partial charge in [0.1, 0.15) is 0 Å². The first-order valence-electron chi connectivity index (χ1n) is 5.53. The summed E-state index contributed by atoms with van der Waals surface area (Å²) >= 11 is 5.96. The van der Waals surface area contributed by atoms with Gasteiger partial charge in [-0.3, -0.25) is 9.59 Å². The number of ether oxygens (including phenoxy) is 1. The highest BCUT2D eigenvalue weighted by Crippen LogP contribution is 2.22. The predicted molar refractivity (Wildman–Crippen MR) is 69.7 cm³/mol. The van der Waals surface area contributed by atoms with Crippen LogP contribution in [0.15, 0.2) is 18.2 Å². The average molecular weight is 271 g/mol. The molecule has 98 valence electrons. The van der Waals surface area contributed by atoms with Gasteiger partial charge in [-0.15, -0.1) is 0 Å². The number of amides is 1. The molecule has 0 aliphatic heterocycles. The summed E-state index contributed by atoms with van der Waals surface area (Å²) in [6.07, 6.45) is 0.252. The number of nitrogens with two attached hydrogens (primary N) is 1. The average Bonchev–Trinajstić information content (AvgIpc) is 2.31. The van der Waals surface area contributed by atoms with Gasteiger partial charge < -0.3 is 15.8 Å². The lowest BCUT2D eigenvalue weighted by Gasteiger charge is -2.08. The molecule has 1 rings (SSSR count). The maximum absolute atomic E-state index is 11.1. The van der Waals surface area contributed by atoms with Crippen LogP contribution in [-0.2, 0) is 9.53 Å². The molecule has 0 fully saturated rings. The summed E-state index contributed by atoms with van der Waals surface area (Å²) < 4.78 is 4.79. The normalized spacial score (nSPS) is 9.89. The van der Waals surface area contributed by atoms with Gasteiger partial charge in [0.15, 0.2) is 0 Å². The molecule has 18 heavy (non-hydrogen) atoms. The van der Waals surface area contributed by atoms with Gasteiger partial charge >= 0.3 is 5.97 Å². The molecule has 5 nitrogen and oxygen atoms in total. The summed E-state index contributed by atoms with van der Waals surface area (Å²) in [6, 6.07) is 4.70. The fraction of sp³-hybridized carbons (Fsp3) is 0.333. The van der Waals surface area contributed by atoms with Crippen LogP contribution in [0.25, 0.3) is 0 Å². The van der Waals surface area contributed by atoms with E-state index in [0.717, 1.165) is 0 Å². The van der Waals surface area contributed by atoms with Gasteiger partial charge in [0.25, 0.3) is 0 Å². The topological polar surface area (TPSA) is 81.4 Å². The highest BCUT2D eigenvalue weighted by atomic mass is 35.5. The Balaban J connectivity index is 2.53. The fourth-order valence-corrected chi connectivity index (χ4v) is 1.59. The number of esters is 1. The van der Waals surface area contributed by atoms with Crippen LogP contribution in [0, 0.1) is 0 Å². The Labute approximate surface area is 110 Å². The second-order valence-electron chi connectivity index (χ2n) is 3.54. The molecule has 0 heterocycles. The van der Waals surface area contributed by atoms with Crippen LogP contribution in [0.4, 0.5) is 5.69 Å². The molecule has 0 unspecified atom stereocenters. The minimum absolute atomic E-state index is 0.252. The van der Waals surface area contributed by atoms with E-state index < -0.39 is 5.91 Å². The van der Waals surface area contributed by atoms with Crippen molar-refractivity contribution in [2.24, 2.45) is 5.73 Å². The van der Waals surface area contributed by atoms with Gasteiger partial charge in [-0.2, -0.15) is 0 Å². The van der Waals surface area contributed by atoms with Crippen molar-refractivity contribution in [3.63, 3.8) is 0 Å². The maximum atomic E-state index is 11.1. The molecule has 0 atom stereocenters. The number of primary amides is 1. The lowest BCUT2D eigenvalue weighted by Crippen LogP contribution is -2.13. The molecule has 0 aromatic heterocycles. The van der Waals surface area contributed by atoms with Crippen molar-refractivity contribution in [1.29, 1.82) is 0 Å². The number of hydrogen-bond acceptors (Lipinski definition) is 4. The zero-order valence-electron chi connectivity index (χ0n) is 10.0. The SMILES string of the molecule is CCOC(=O)CCNc1ccc(C(N)=O)cc1Cl. The van der Waals surface area contributed by atoms with E-state index in [1.165, 1.54) is 6.07 Å². The highest BCUT2D eigenvalue weighted by Gasteiger charge is 2.06. The molecule has 0 aliphatic rings. The molecule has 0 aliphatic carbocycles. The maximum Gasteiger partial charge on any atom is 0.307 e. The van der Waals surface area contributed by atoms with Crippen molar-refractivity contribution in [3.05, 3.63) is 28.8 Å². The van der Waals surface area contributed by atoms with E-state index >= 15 is 0 Å². The zero-order valence-corrected chi connectivity index (χ0v) is 10.8. The molecule has 0 saturated heterocycles. The Hall–Kier alpha value is -1.75. The van der Waals surface area contributed by atoms with Crippen molar-refractivity contribution in [2.75, 3.05) is 18.5 Å². The number of anilines is 1. The molecular formula is C12H15ClN2O3. The van der Waals surface area contributed by atoms with Crippen LogP contribution in [0.3, 0.4) is 0 Å². The van der Waals surface area contributed by atoms with Crippen molar-refractivity contribution in [1.82, 2.24) is 0 Å². The van der Waals surface area contributed by atoms with Gasteiger partial charge in [-0.05, 0) is 25.1 Å². The van der Waals surface area contributed by atoms with E-state index in [1.807, 2.05) is 0 Å². The number of nitrogens with one attached hydrogen (secondary N) is 1. The third kappa shape index (κ3) is 4.25. The number of carbonyl (C=O) groups excluding carboxylic acids is 2. The van der Waals surface area contributed by atoms with Crippen LogP contribution in [0.1, 0.15) is 23.7 Å². The van der Waals surface area contributed by atoms with E-state index in [2.05, 4.69) is 5.32 Å². The van der Waals surface area contributed by atoms with Crippen LogP contribution < -0.4 is 11.1 Å². The Morgan fingerprint density at radius 1 is 1.44 bits per heavy atom. The number of carbonyl (C=O) groups is 2. The van der Waals surface area contributed by atoms with Crippen molar-refractivity contribution >= 4 is 29.2 Å². The van der Waals surface area contributed by atoms with Gasteiger partial charge in [-0.1, -0.05) is 11.6 Å². The summed E-state index contributed by atoms with van der Waals surface area (Å²) in [5, 5.41) is 3.37. The summed E-state index contributed by atoms with van der Waals surface area (Å²) in [5.74, 6) is -0.801. The van der Waals surface area contributed by atoms with Gasteiger partial charge in [-0.25, -0.2) is 0 Å². The molecule has 0 bridgehead atoms. The quantitative estimate of drug-likeness (QED) is 0.773. The van der Waals surface area contributed by atoms with E-state index in [1.54, 1.807) is 19.1 Å². The third-order valence-electron chi connectivity index (χ3n) is 2.20. The molecule has 6 heteroatoms. The molecule has 1 aromatic carbocycles. The second kappa shape index (κ2) is 6.86. The first-order chi connectivity index (χ1) is 8.54. The highest BCUT2D eigenvalue weighted by molar-refractivity contribution is 6.33. The van der Waals surface area contributed by atoms with Gasteiger partial charge in [0, 0.05) is 12.1 Å². The van der Waals surface area contributed by atoms with Crippen molar-refractivity contribution in [2.45, 2.75) is 13.3 Å². The van der Waals surface area contributed by atoms with Gasteiger partial charge in [0.05, 0.1) is 23.7 Å². The molecule has 0 radical (unpaired) electrons. The first kappa shape index (κ1) is 14.3. The molecule has 0 saturated carbocycles. The molecule has 1 amide bonds. The number of halogens is 1. The Bertz CT molecular complexity index is 449. The lowest BCUT2D eigenvalue weighted by atomic mass is 10.2. The van der Waals surface area contributed by atoms with E-state index in [-0.39, 0.29) is 12.4 Å². The van der Waals surface area contributed by atoms with E-state index in [9.17, 15) is 9.59 Å². The first-order valence-corrected chi connectivity index (χ1v) is 5.91. The Kier molecular flexibility index (Phi) is 5.45. The summed E-state index contributed by atoms with van der Waals surface area (Å²) in [7, 11) is 0. The number of benzene rings is 1. The minimum atomic E-state index is -0.532. The van der Waals surface area contributed by atoms with Crippen LogP contribution in [0.2, 0.25) is 5.02 Å². The van der Waals surface area contributed by atoms with Crippen LogP contribution in [-0.4, -0.2) is 25.0 Å². The summed E-state index contributed by atoms with van der Waals surface area (Å²) in [5.41, 5.74) is 6.11. The molecule has 3 N–H and O–H groups in total. The van der Waals surface area contributed by atoms with Crippen molar-refractivity contribution < 1.29 is 14.3 Å². The zero-order chi connectivity index (χ0) is 13.5. The second-order valence-corrected chi connectivity index (χ2v) is 3.95. The molecule has 1 aromatic rings.